The van der Waals surface area contributed by atoms with Crippen LogP contribution in [0.2, 0.25) is 0 Å². The summed E-state index contributed by atoms with van der Waals surface area (Å²) >= 11 is 3.49. The SMILES string of the molecule is O=C(c1ccc2cc(Br)ccc2c1)N1CCC(N2CCNCC2)C1. The smallest absolute Gasteiger partial charge is 0.253 e. The molecule has 1 amide bonds. The molecule has 1 atom stereocenters. The van der Waals surface area contributed by atoms with E-state index in [1.807, 2.05) is 29.2 Å². The van der Waals surface area contributed by atoms with Crippen molar-refractivity contribution in [3.63, 3.8) is 0 Å². The van der Waals surface area contributed by atoms with Crippen LogP contribution in [0.25, 0.3) is 10.8 Å². The summed E-state index contributed by atoms with van der Waals surface area (Å²) in [5.41, 5.74) is 0.797. The van der Waals surface area contributed by atoms with Gasteiger partial charge in [0.05, 0.1) is 0 Å². The number of hydrogen-bond acceptors (Lipinski definition) is 3. The molecule has 2 saturated heterocycles. The van der Waals surface area contributed by atoms with Gasteiger partial charge in [0.25, 0.3) is 5.91 Å². The standard InChI is InChI=1S/C19H22BrN3O/c20-17-4-3-14-11-16(2-1-15(14)12-17)19(24)23-8-5-18(13-23)22-9-6-21-7-10-22/h1-4,11-12,18,21H,5-10,13H2. The lowest BCUT2D eigenvalue weighted by Gasteiger charge is -2.32. The summed E-state index contributed by atoms with van der Waals surface area (Å²) in [6.07, 6.45) is 1.09. The second kappa shape index (κ2) is 6.82. The lowest BCUT2D eigenvalue weighted by atomic mass is 10.1. The van der Waals surface area contributed by atoms with Gasteiger partial charge in [0.15, 0.2) is 0 Å². The van der Waals surface area contributed by atoms with Gasteiger partial charge in [-0.15, -0.1) is 0 Å². The van der Waals surface area contributed by atoms with Crippen LogP contribution in [0, 0.1) is 0 Å². The van der Waals surface area contributed by atoms with Gasteiger partial charge in [-0.25, -0.2) is 0 Å². The number of amides is 1. The molecule has 0 bridgehead atoms. The minimum Gasteiger partial charge on any atom is -0.337 e. The molecular weight excluding hydrogens is 366 g/mol. The molecule has 1 unspecified atom stereocenters. The molecule has 24 heavy (non-hydrogen) atoms. The van der Waals surface area contributed by atoms with Crippen molar-refractivity contribution in [1.82, 2.24) is 15.1 Å². The Kier molecular flexibility index (Phi) is 4.57. The quantitative estimate of drug-likeness (QED) is 0.860. The second-order valence-corrected chi connectivity index (χ2v) is 7.60. The van der Waals surface area contributed by atoms with Crippen molar-refractivity contribution < 1.29 is 4.79 Å². The molecule has 4 nitrogen and oxygen atoms in total. The number of fused-ring (bicyclic) bond motifs is 1. The predicted octanol–water partition coefficient (Wildman–Crippen LogP) is 2.72. The highest BCUT2D eigenvalue weighted by atomic mass is 79.9. The number of rotatable bonds is 2. The Labute approximate surface area is 150 Å². The van der Waals surface area contributed by atoms with Crippen molar-refractivity contribution >= 4 is 32.6 Å². The Morgan fingerprint density at radius 2 is 1.79 bits per heavy atom. The highest BCUT2D eigenvalue weighted by molar-refractivity contribution is 9.10. The van der Waals surface area contributed by atoms with E-state index >= 15 is 0 Å². The molecular formula is C19H22BrN3O. The van der Waals surface area contributed by atoms with E-state index in [1.165, 1.54) is 0 Å². The maximum absolute atomic E-state index is 12.9. The summed E-state index contributed by atoms with van der Waals surface area (Å²) in [4.78, 5) is 17.4. The van der Waals surface area contributed by atoms with Crippen LogP contribution in [0.15, 0.2) is 40.9 Å². The van der Waals surface area contributed by atoms with Gasteiger partial charge in [-0.2, -0.15) is 0 Å². The molecule has 0 aromatic heterocycles. The van der Waals surface area contributed by atoms with Crippen molar-refractivity contribution in [2.75, 3.05) is 39.3 Å². The highest BCUT2D eigenvalue weighted by Gasteiger charge is 2.31. The van der Waals surface area contributed by atoms with Crippen molar-refractivity contribution in [3.8, 4) is 0 Å². The van der Waals surface area contributed by atoms with E-state index in [0.717, 1.165) is 66.5 Å². The van der Waals surface area contributed by atoms with Crippen LogP contribution in [0.3, 0.4) is 0 Å². The Hall–Kier alpha value is -1.43. The molecule has 0 spiro atoms. The molecule has 1 N–H and O–H groups in total. The number of hydrogen-bond donors (Lipinski definition) is 1. The predicted molar refractivity (Wildman–Crippen MR) is 100 cm³/mol. The fourth-order valence-corrected chi connectivity index (χ4v) is 4.18. The number of nitrogens with zero attached hydrogens (tertiary/aromatic N) is 2. The Balaban J connectivity index is 1.48. The van der Waals surface area contributed by atoms with Gasteiger partial charge < -0.3 is 10.2 Å². The Bertz CT molecular complexity index is 757. The minimum absolute atomic E-state index is 0.164. The van der Waals surface area contributed by atoms with Crippen LogP contribution >= 0.6 is 15.9 Å². The largest absolute Gasteiger partial charge is 0.337 e. The molecule has 2 aliphatic rings. The third-order valence-corrected chi connectivity index (χ3v) is 5.66. The summed E-state index contributed by atoms with van der Waals surface area (Å²) in [6.45, 7) is 6.04. The second-order valence-electron chi connectivity index (χ2n) is 6.69. The molecule has 5 heteroatoms. The van der Waals surface area contributed by atoms with Crippen molar-refractivity contribution in [2.24, 2.45) is 0 Å². The number of carbonyl (C=O) groups excluding carboxylic acids is 1. The number of nitrogens with one attached hydrogen (secondary N) is 1. The van der Waals surface area contributed by atoms with E-state index in [0.29, 0.717) is 6.04 Å². The van der Waals surface area contributed by atoms with Gasteiger partial charge in [0.1, 0.15) is 0 Å². The first-order valence-corrected chi connectivity index (χ1v) is 9.43. The third-order valence-electron chi connectivity index (χ3n) is 5.17. The Morgan fingerprint density at radius 1 is 1.04 bits per heavy atom. The number of halogens is 1. The molecule has 0 aliphatic carbocycles. The molecule has 0 saturated carbocycles. The molecule has 126 valence electrons. The fraction of sp³-hybridized carbons (Fsp3) is 0.421. The maximum Gasteiger partial charge on any atom is 0.253 e. The summed E-state index contributed by atoms with van der Waals surface area (Å²) in [5, 5.41) is 5.66. The third kappa shape index (κ3) is 3.21. The normalized spacial score (nSPS) is 22.2. The van der Waals surface area contributed by atoms with Crippen LogP contribution in [-0.4, -0.2) is 61.0 Å². The summed E-state index contributed by atoms with van der Waals surface area (Å²) < 4.78 is 1.06. The minimum atomic E-state index is 0.164. The van der Waals surface area contributed by atoms with Gasteiger partial charge in [0.2, 0.25) is 0 Å². The first-order chi connectivity index (χ1) is 11.7. The average Bonchev–Trinajstić information content (AvgIpc) is 3.11. The summed E-state index contributed by atoms with van der Waals surface area (Å²) in [7, 11) is 0. The zero-order valence-electron chi connectivity index (χ0n) is 13.7. The van der Waals surface area contributed by atoms with E-state index in [9.17, 15) is 4.79 Å². The van der Waals surface area contributed by atoms with Crippen LogP contribution in [0.5, 0.6) is 0 Å². The zero-order valence-corrected chi connectivity index (χ0v) is 15.3. The van der Waals surface area contributed by atoms with Crippen molar-refractivity contribution in [1.29, 1.82) is 0 Å². The molecule has 4 rings (SSSR count). The first-order valence-electron chi connectivity index (χ1n) is 8.64. The Morgan fingerprint density at radius 3 is 2.62 bits per heavy atom. The van der Waals surface area contributed by atoms with Crippen molar-refractivity contribution in [2.45, 2.75) is 12.5 Å². The van der Waals surface area contributed by atoms with Gasteiger partial charge in [-0.3, -0.25) is 9.69 Å². The average molecular weight is 388 g/mol. The molecule has 2 aliphatic heterocycles. The van der Waals surface area contributed by atoms with Crippen LogP contribution in [-0.2, 0) is 0 Å². The van der Waals surface area contributed by atoms with E-state index in [1.54, 1.807) is 0 Å². The van der Waals surface area contributed by atoms with Gasteiger partial charge in [0, 0.05) is 55.3 Å². The van der Waals surface area contributed by atoms with Crippen LogP contribution < -0.4 is 5.32 Å². The van der Waals surface area contributed by atoms with E-state index < -0.39 is 0 Å². The summed E-state index contributed by atoms with van der Waals surface area (Å²) in [5.74, 6) is 0.164. The van der Waals surface area contributed by atoms with E-state index in [-0.39, 0.29) is 5.91 Å². The van der Waals surface area contributed by atoms with Gasteiger partial charge >= 0.3 is 0 Å². The number of piperazine rings is 1. The zero-order chi connectivity index (χ0) is 16.5. The van der Waals surface area contributed by atoms with Crippen LogP contribution in [0.1, 0.15) is 16.8 Å². The fourth-order valence-electron chi connectivity index (χ4n) is 3.80. The molecule has 2 heterocycles. The lowest BCUT2D eigenvalue weighted by Crippen LogP contribution is -2.49. The topological polar surface area (TPSA) is 35.6 Å². The van der Waals surface area contributed by atoms with E-state index in [2.05, 4.69) is 38.3 Å². The van der Waals surface area contributed by atoms with Gasteiger partial charge in [-0.1, -0.05) is 28.1 Å². The molecule has 0 radical (unpaired) electrons. The van der Waals surface area contributed by atoms with Crippen molar-refractivity contribution in [3.05, 3.63) is 46.4 Å². The number of likely N-dealkylation sites (tertiary alicyclic amines) is 1. The number of benzene rings is 2. The molecule has 2 fully saturated rings. The van der Waals surface area contributed by atoms with Gasteiger partial charge in [-0.05, 0) is 41.5 Å². The molecule has 2 aromatic carbocycles. The number of carbonyl (C=O) groups is 1. The van der Waals surface area contributed by atoms with Crippen LogP contribution in [0.4, 0.5) is 0 Å². The molecule has 2 aromatic rings. The first kappa shape index (κ1) is 16.1. The highest BCUT2D eigenvalue weighted by Crippen LogP contribution is 2.23. The monoisotopic (exact) mass is 387 g/mol. The summed E-state index contributed by atoms with van der Waals surface area (Å²) in [6, 6.07) is 12.7. The maximum atomic E-state index is 12.9. The van der Waals surface area contributed by atoms with E-state index in [4.69, 9.17) is 0 Å². The lowest BCUT2D eigenvalue weighted by molar-refractivity contribution is 0.0773.